The lowest BCUT2D eigenvalue weighted by atomic mass is 9.88. The van der Waals surface area contributed by atoms with E-state index in [1.807, 2.05) is 0 Å². The van der Waals surface area contributed by atoms with Crippen LogP contribution in [0.5, 0.6) is 0 Å². The summed E-state index contributed by atoms with van der Waals surface area (Å²) in [6.45, 7) is 1.94. The van der Waals surface area contributed by atoms with Crippen LogP contribution in [0.3, 0.4) is 0 Å². The molecule has 1 aromatic rings. The first-order valence-corrected chi connectivity index (χ1v) is 6.08. The third kappa shape index (κ3) is 2.91. The van der Waals surface area contributed by atoms with E-state index in [0.717, 1.165) is 32.2 Å². The molecule has 0 aromatic heterocycles. The third-order valence-corrected chi connectivity index (χ3v) is 3.57. The second-order valence-corrected chi connectivity index (χ2v) is 4.83. The lowest BCUT2D eigenvalue weighted by Gasteiger charge is -2.31. The molecule has 1 aliphatic rings. The summed E-state index contributed by atoms with van der Waals surface area (Å²) >= 11 is 0. The Hall–Kier alpha value is -1.22. The maximum Gasteiger partial charge on any atom is 0.150 e. The molecular weight excluding hydrogens is 217 g/mol. The molecule has 17 heavy (non-hydrogen) atoms. The Balaban J connectivity index is 2.03. The average Bonchev–Trinajstić information content (AvgIpc) is 2.39. The van der Waals surface area contributed by atoms with Gasteiger partial charge in [-0.3, -0.25) is 4.79 Å². The van der Waals surface area contributed by atoms with E-state index in [2.05, 4.69) is 11.9 Å². The smallest absolute Gasteiger partial charge is 0.150 e. The van der Waals surface area contributed by atoms with Crippen LogP contribution in [0.4, 0.5) is 4.39 Å². The number of alkyl halides is 1. The Morgan fingerprint density at radius 3 is 2.41 bits per heavy atom. The number of aldehydes is 1. The van der Waals surface area contributed by atoms with Gasteiger partial charge >= 0.3 is 0 Å². The van der Waals surface area contributed by atoms with Crippen molar-refractivity contribution in [3.8, 4) is 0 Å². The first kappa shape index (κ1) is 12.2. The molecule has 0 saturated carbocycles. The number of rotatable bonds is 3. The summed E-state index contributed by atoms with van der Waals surface area (Å²) in [5.41, 5.74) is 1.30. The van der Waals surface area contributed by atoms with E-state index < -0.39 is 6.17 Å². The summed E-state index contributed by atoms with van der Waals surface area (Å²) < 4.78 is 14.3. The predicted molar refractivity (Wildman–Crippen MR) is 65.9 cm³/mol. The molecule has 0 aliphatic carbocycles. The van der Waals surface area contributed by atoms with E-state index >= 15 is 0 Å². The topological polar surface area (TPSA) is 20.3 Å². The van der Waals surface area contributed by atoms with Crippen LogP contribution in [-0.2, 0) is 0 Å². The van der Waals surface area contributed by atoms with Crippen molar-refractivity contribution < 1.29 is 9.18 Å². The van der Waals surface area contributed by atoms with Gasteiger partial charge in [-0.2, -0.15) is 0 Å². The van der Waals surface area contributed by atoms with Crippen molar-refractivity contribution >= 4 is 6.29 Å². The van der Waals surface area contributed by atoms with E-state index in [9.17, 15) is 9.18 Å². The van der Waals surface area contributed by atoms with Gasteiger partial charge in [0.15, 0.2) is 0 Å². The second kappa shape index (κ2) is 5.41. The van der Waals surface area contributed by atoms with Gasteiger partial charge in [-0.05, 0) is 44.5 Å². The van der Waals surface area contributed by atoms with Gasteiger partial charge in [0.05, 0.1) is 0 Å². The molecular formula is C14H18FNO. The third-order valence-electron chi connectivity index (χ3n) is 3.57. The number of hydrogen-bond acceptors (Lipinski definition) is 2. The van der Waals surface area contributed by atoms with Gasteiger partial charge in [-0.25, -0.2) is 4.39 Å². The molecule has 1 unspecified atom stereocenters. The zero-order chi connectivity index (χ0) is 12.3. The summed E-state index contributed by atoms with van der Waals surface area (Å²) in [4.78, 5) is 12.8. The monoisotopic (exact) mass is 235 g/mol. The normalized spacial score (nSPS) is 20.1. The van der Waals surface area contributed by atoms with Crippen LogP contribution in [0.15, 0.2) is 24.3 Å². The molecule has 0 radical (unpaired) electrons. The van der Waals surface area contributed by atoms with Crippen LogP contribution in [0.1, 0.15) is 34.9 Å². The SMILES string of the molecule is CN1CCC(C(F)c2ccc(C=O)cc2)CC1. The number of carbonyl (C=O) groups is 1. The number of hydrogen-bond donors (Lipinski definition) is 0. The van der Waals surface area contributed by atoms with Crippen molar-refractivity contribution in [1.82, 2.24) is 4.90 Å². The molecule has 0 bridgehead atoms. The molecule has 1 aliphatic heterocycles. The Morgan fingerprint density at radius 2 is 1.88 bits per heavy atom. The first-order chi connectivity index (χ1) is 8.20. The number of piperidine rings is 1. The summed E-state index contributed by atoms with van der Waals surface area (Å²) in [5, 5.41) is 0. The Bertz CT molecular complexity index is 368. The fourth-order valence-electron chi connectivity index (χ4n) is 2.35. The number of nitrogens with zero attached hydrogens (tertiary/aromatic N) is 1. The molecule has 2 nitrogen and oxygen atoms in total. The van der Waals surface area contributed by atoms with Gasteiger partial charge in [-0.1, -0.05) is 24.3 Å². The largest absolute Gasteiger partial charge is 0.306 e. The van der Waals surface area contributed by atoms with Crippen LogP contribution in [0.25, 0.3) is 0 Å². The molecule has 1 aromatic carbocycles. The maximum atomic E-state index is 14.3. The summed E-state index contributed by atoms with van der Waals surface area (Å²) in [7, 11) is 2.07. The lowest BCUT2D eigenvalue weighted by Crippen LogP contribution is -2.31. The highest BCUT2D eigenvalue weighted by atomic mass is 19.1. The van der Waals surface area contributed by atoms with Gasteiger partial charge in [0.1, 0.15) is 12.5 Å². The van der Waals surface area contributed by atoms with E-state index in [4.69, 9.17) is 0 Å². The van der Waals surface area contributed by atoms with Crippen molar-refractivity contribution in [2.24, 2.45) is 5.92 Å². The highest BCUT2D eigenvalue weighted by molar-refractivity contribution is 5.74. The molecule has 1 atom stereocenters. The van der Waals surface area contributed by atoms with Gasteiger partial charge in [0, 0.05) is 5.56 Å². The number of likely N-dealkylation sites (tertiary alicyclic amines) is 1. The van der Waals surface area contributed by atoms with Gasteiger partial charge in [0.25, 0.3) is 0 Å². The summed E-state index contributed by atoms with van der Waals surface area (Å²) in [5.74, 6) is 0.119. The van der Waals surface area contributed by atoms with E-state index in [1.165, 1.54) is 0 Å². The minimum Gasteiger partial charge on any atom is -0.306 e. The Morgan fingerprint density at radius 1 is 1.29 bits per heavy atom. The molecule has 92 valence electrons. The van der Waals surface area contributed by atoms with Gasteiger partial charge < -0.3 is 4.90 Å². The van der Waals surface area contributed by atoms with Crippen LogP contribution < -0.4 is 0 Å². The quantitative estimate of drug-likeness (QED) is 0.751. The lowest BCUT2D eigenvalue weighted by molar-refractivity contribution is 0.112. The molecule has 3 heteroatoms. The summed E-state index contributed by atoms with van der Waals surface area (Å²) in [6.07, 6.45) is 1.71. The zero-order valence-electron chi connectivity index (χ0n) is 10.1. The number of benzene rings is 1. The number of carbonyl (C=O) groups excluding carboxylic acids is 1. The van der Waals surface area contributed by atoms with Gasteiger partial charge in [-0.15, -0.1) is 0 Å². The Labute approximate surface area is 101 Å². The fourth-order valence-corrected chi connectivity index (χ4v) is 2.35. The first-order valence-electron chi connectivity index (χ1n) is 6.08. The highest BCUT2D eigenvalue weighted by Gasteiger charge is 2.26. The molecule has 1 heterocycles. The molecule has 1 saturated heterocycles. The van der Waals surface area contributed by atoms with Crippen molar-refractivity contribution in [2.45, 2.75) is 19.0 Å². The maximum absolute atomic E-state index is 14.3. The van der Waals surface area contributed by atoms with Crippen molar-refractivity contribution in [2.75, 3.05) is 20.1 Å². The van der Waals surface area contributed by atoms with Crippen molar-refractivity contribution in [1.29, 1.82) is 0 Å². The van der Waals surface area contributed by atoms with Crippen LogP contribution >= 0.6 is 0 Å². The molecule has 0 N–H and O–H groups in total. The summed E-state index contributed by atoms with van der Waals surface area (Å²) in [6, 6.07) is 6.83. The minimum atomic E-state index is -0.899. The van der Waals surface area contributed by atoms with Crippen molar-refractivity contribution in [3.63, 3.8) is 0 Å². The van der Waals surface area contributed by atoms with E-state index in [0.29, 0.717) is 11.1 Å². The Kier molecular flexibility index (Phi) is 3.89. The van der Waals surface area contributed by atoms with Gasteiger partial charge in [0.2, 0.25) is 0 Å². The van der Waals surface area contributed by atoms with Crippen LogP contribution in [-0.4, -0.2) is 31.3 Å². The standard InChI is InChI=1S/C14H18FNO/c1-16-8-6-13(7-9-16)14(15)12-4-2-11(10-17)3-5-12/h2-5,10,13-14H,6-9H2,1H3. The fraction of sp³-hybridized carbons (Fsp3) is 0.500. The molecule has 1 fully saturated rings. The van der Waals surface area contributed by atoms with Crippen molar-refractivity contribution in [3.05, 3.63) is 35.4 Å². The van der Waals surface area contributed by atoms with Crippen LogP contribution in [0, 0.1) is 5.92 Å². The predicted octanol–water partition coefficient (Wildman–Crippen LogP) is 2.85. The average molecular weight is 235 g/mol. The second-order valence-electron chi connectivity index (χ2n) is 4.83. The zero-order valence-corrected chi connectivity index (χ0v) is 10.1. The molecule has 0 spiro atoms. The van der Waals surface area contributed by atoms with E-state index in [1.54, 1.807) is 24.3 Å². The number of halogens is 1. The molecule has 2 rings (SSSR count). The molecule has 0 amide bonds. The highest BCUT2D eigenvalue weighted by Crippen LogP contribution is 2.33. The van der Waals surface area contributed by atoms with Crippen LogP contribution in [0.2, 0.25) is 0 Å². The minimum absolute atomic E-state index is 0.119. The van der Waals surface area contributed by atoms with E-state index in [-0.39, 0.29) is 5.92 Å².